The Morgan fingerprint density at radius 2 is 1.91 bits per heavy atom. The Kier molecular flexibility index (Phi) is 4.17. The molecule has 0 saturated carbocycles. The molecule has 1 atom stereocenters. The van der Waals surface area contributed by atoms with E-state index in [4.69, 9.17) is 0 Å². The average Bonchev–Trinajstić information content (AvgIpc) is 2.83. The van der Waals surface area contributed by atoms with E-state index in [0.29, 0.717) is 6.54 Å². The summed E-state index contributed by atoms with van der Waals surface area (Å²) in [5, 5.41) is 5.30. The average molecular weight is 314 g/mol. The highest BCUT2D eigenvalue weighted by atomic mass is 19.4. The summed E-state index contributed by atoms with van der Waals surface area (Å²) in [4.78, 5) is 23.5. The van der Waals surface area contributed by atoms with E-state index in [9.17, 15) is 22.8 Å². The minimum atomic E-state index is -4.45. The van der Waals surface area contributed by atoms with Crippen LogP contribution in [-0.4, -0.2) is 24.4 Å². The Hall–Kier alpha value is -2.05. The molecule has 1 aliphatic rings. The van der Waals surface area contributed by atoms with Gasteiger partial charge >= 0.3 is 6.18 Å². The lowest BCUT2D eigenvalue weighted by Gasteiger charge is -2.26. The van der Waals surface area contributed by atoms with Crippen molar-refractivity contribution in [2.24, 2.45) is 0 Å². The second-order valence-corrected chi connectivity index (χ2v) is 5.88. The number of carbonyl (C=O) groups excluding carboxylic acids is 2. The number of carbonyl (C=O) groups is 2. The van der Waals surface area contributed by atoms with E-state index in [1.165, 1.54) is 12.1 Å². The fourth-order valence-electron chi connectivity index (χ4n) is 2.29. The van der Waals surface area contributed by atoms with Crippen LogP contribution in [0.2, 0.25) is 0 Å². The Labute approximate surface area is 126 Å². The van der Waals surface area contributed by atoms with Gasteiger partial charge in [0.25, 0.3) is 0 Å². The maximum Gasteiger partial charge on any atom is 0.416 e. The molecule has 2 N–H and O–H groups in total. The molecule has 1 unspecified atom stereocenters. The monoisotopic (exact) mass is 314 g/mol. The Balaban J connectivity index is 2.18. The van der Waals surface area contributed by atoms with Crippen LogP contribution in [0.1, 0.15) is 31.4 Å². The van der Waals surface area contributed by atoms with Crippen LogP contribution in [0, 0.1) is 0 Å². The summed E-state index contributed by atoms with van der Waals surface area (Å²) in [7, 11) is 0. The van der Waals surface area contributed by atoms with Crippen molar-refractivity contribution in [2.75, 3.05) is 6.54 Å². The third kappa shape index (κ3) is 3.40. The van der Waals surface area contributed by atoms with E-state index < -0.39 is 23.1 Å². The highest BCUT2D eigenvalue weighted by molar-refractivity contribution is 5.89. The van der Waals surface area contributed by atoms with Crippen molar-refractivity contribution in [3.63, 3.8) is 0 Å². The first-order valence-electron chi connectivity index (χ1n) is 6.86. The van der Waals surface area contributed by atoms with Gasteiger partial charge in [0.2, 0.25) is 11.8 Å². The number of hydrogen-bond acceptors (Lipinski definition) is 2. The first kappa shape index (κ1) is 16.3. The minimum absolute atomic E-state index is 0.151. The van der Waals surface area contributed by atoms with Crippen molar-refractivity contribution >= 4 is 11.8 Å². The number of rotatable bonds is 3. The summed E-state index contributed by atoms with van der Waals surface area (Å²) in [6.07, 6.45) is -4.27. The molecule has 22 heavy (non-hydrogen) atoms. The molecule has 1 heterocycles. The minimum Gasteiger partial charge on any atom is -0.354 e. The molecule has 1 saturated heterocycles. The molecule has 1 fully saturated rings. The molecule has 0 bridgehead atoms. The summed E-state index contributed by atoms with van der Waals surface area (Å²) < 4.78 is 38.3. The van der Waals surface area contributed by atoms with Gasteiger partial charge in [-0.1, -0.05) is 18.2 Å². The van der Waals surface area contributed by atoms with E-state index in [2.05, 4.69) is 10.6 Å². The number of alkyl halides is 3. The van der Waals surface area contributed by atoms with Gasteiger partial charge in [0.1, 0.15) is 0 Å². The van der Waals surface area contributed by atoms with Gasteiger partial charge in [-0.15, -0.1) is 0 Å². The lowest BCUT2D eigenvalue weighted by atomic mass is 9.82. The molecule has 4 nitrogen and oxygen atoms in total. The molecule has 1 aromatic carbocycles. The highest BCUT2D eigenvalue weighted by Gasteiger charge is 2.36. The lowest BCUT2D eigenvalue weighted by Crippen LogP contribution is -2.46. The van der Waals surface area contributed by atoms with Crippen LogP contribution >= 0.6 is 0 Å². The van der Waals surface area contributed by atoms with Gasteiger partial charge < -0.3 is 10.6 Å². The quantitative estimate of drug-likeness (QED) is 0.896. The van der Waals surface area contributed by atoms with Gasteiger partial charge in [-0.25, -0.2) is 0 Å². The smallest absolute Gasteiger partial charge is 0.354 e. The zero-order valence-corrected chi connectivity index (χ0v) is 12.3. The Bertz CT molecular complexity index is 597. The Morgan fingerprint density at radius 3 is 2.45 bits per heavy atom. The fourth-order valence-corrected chi connectivity index (χ4v) is 2.29. The van der Waals surface area contributed by atoms with Crippen molar-refractivity contribution in [1.29, 1.82) is 0 Å². The van der Waals surface area contributed by atoms with Crippen LogP contribution in [0.3, 0.4) is 0 Å². The van der Waals surface area contributed by atoms with E-state index >= 15 is 0 Å². The Morgan fingerprint density at radius 1 is 1.27 bits per heavy atom. The van der Waals surface area contributed by atoms with Gasteiger partial charge in [-0.3, -0.25) is 9.59 Å². The van der Waals surface area contributed by atoms with Crippen molar-refractivity contribution in [1.82, 2.24) is 10.6 Å². The molecular formula is C15H17F3N2O2. The van der Waals surface area contributed by atoms with E-state index in [1.807, 2.05) is 0 Å². The maximum absolute atomic E-state index is 12.8. The number of amides is 2. The second-order valence-electron chi connectivity index (χ2n) is 5.88. The van der Waals surface area contributed by atoms with E-state index in [-0.39, 0.29) is 23.9 Å². The molecule has 1 aliphatic heterocycles. The summed E-state index contributed by atoms with van der Waals surface area (Å²) in [5.41, 5.74) is -1.65. The van der Waals surface area contributed by atoms with E-state index in [1.54, 1.807) is 13.8 Å². The molecule has 1 aromatic rings. The summed E-state index contributed by atoms with van der Waals surface area (Å²) in [5.74, 6) is -0.560. The standard InChI is InChI=1S/C15H17F3N2O2/c1-14(2,13(22)20-11-7-12(21)19-8-11)9-4-3-5-10(6-9)15(16,17)18/h3-6,11H,7-8H2,1-2H3,(H,19,21)(H,20,22). The summed E-state index contributed by atoms with van der Waals surface area (Å²) in [6.45, 7) is 3.45. The lowest BCUT2D eigenvalue weighted by molar-refractivity contribution is -0.138. The third-order valence-electron chi connectivity index (χ3n) is 3.79. The van der Waals surface area contributed by atoms with Crippen LogP contribution in [0.4, 0.5) is 13.2 Å². The van der Waals surface area contributed by atoms with Crippen LogP contribution < -0.4 is 10.6 Å². The van der Waals surface area contributed by atoms with Gasteiger partial charge in [-0.2, -0.15) is 13.2 Å². The van der Waals surface area contributed by atoms with Gasteiger partial charge in [-0.05, 0) is 25.5 Å². The largest absolute Gasteiger partial charge is 0.416 e. The maximum atomic E-state index is 12.8. The summed E-state index contributed by atoms with van der Waals surface area (Å²) >= 11 is 0. The van der Waals surface area contributed by atoms with Crippen molar-refractivity contribution in [3.05, 3.63) is 35.4 Å². The normalized spacial score (nSPS) is 19.0. The molecule has 0 spiro atoms. The predicted octanol–water partition coefficient (Wildman–Crippen LogP) is 1.99. The first-order chi connectivity index (χ1) is 10.1. The molecule has 0 aromatic heterocycles. The van der Waals surface area contributed by atoms with Gasteiger partial charge in [0.15, 0.2) is 0 Å². The zero-order chi connectivity index (χ0) is 16.5. The van der Waals surface area contributed by atoms with Crippen LogP contribution in [0.25, 0.3) is 0 Å². The van der Waals surface area contributed by atoms with Gasteiger partial charge in [0, 0.05) is 13.0 Å². The molecular weight excluding hydrogens is 297 g/mol. The number of hydrogen-bond donors (Lipinski definition) is 2. The molecule has 0 aliphatic carbocycles. The topological polar surface area (TPSA) is 58.2 Å². The van der Waals surface area contributed by atoms with Crippen LogP contribution in [0.5, 0.6) is 0 Å². The molecule has 2 rings (SSSR count). The zero-order valence-electron chi connectivity index (χ0n) is 12.3. The fraction of sp³-hybridized carbons (Fsp3) is 0.467. The summed E-state index contributed by atoms with van der Waals surface area (Å²) in [6, 6.07) is 4.40. The number of halogens is 3. The van der Waals surface area contributed by atoms with Crippen molar-refractivity contribution in [3.8, 4) is 0 Å². The van der Waals surface area contributed by atoms with Crippen LogP contribution in [-0.2, 0) is 21.2 Å². The van der Waals surface area contributed by atoms with Crippen molar-refractivity contribution in [2.45, 2.75) is 37.9 Å². The van der Waals surface area contributed by atoms with E-state index in [0.717, 1.165) is 12.1 Å². The van der Waals surface area contributed by atoms with Crippen LogP contribution in [0.15, 0.2) is 24.3 Å². The number of benzene rings is 1. The number of nitrogens with one attached hydrogen (secondary N) is 2. The SMILES string of the molecule is CC(C)(C(=O)NC1CNC(=O)C1)c1cccc(C(F)(F)F)c1. The molecule has 2 amide bonds. The molecule has 120 valence electrons. The second kappa shape index (κ2) is 5.62. The predicted molar refractivity (Wildman–Crippen MR) is 74.0 cm³/mol. The third-order valence-corrected chi connectivity index (χ3v) is 3.79. The van der Waals surface area contributed by atoms with Gasteiger partial charge in [0.05, 0.1) is 17.0 Å². The molecule has 7 heteroatoms. The van der Waals surface area contributed by atoms with Crippen molar-refractivity contribution < 1.29 is 22.8 Å². The highest BCUT2D eigenvalue weighted by Crippen LogP contribution is 2.33. The molecule has 0 radical (unpaired) electrons. The first-order valence-corrected chi connectivity index (χ1v) is 6.86.